The maximum Gasteiger partial charge on any atom is 0.117 e. The van der Waals surface area contributed by atoms with Crippen LogP contribution in [0.25, 0.3) is 5.70 Å². The van der Waals surface area contributed by atoms with Gasteiger partial charge in [0, 0.05) is 6.42 Å². The maximum atomic E-state index is 9.62. The molecule has 1 aromatic carbocycles. The summed E-state index contributed by atoms with van der Waals surface area (Å²) in [7, 11) is 0. The Morgan fingerprint density at radius 1 is 1.13 bits per heavy atom. The van der Waals surface area contributed by atoms with Crippen LogP contribution in [0.3, 0.4) is 0 Å². The van der Waals surface area contributed by atoms with Gasteiger partial charge < -0.3 is 5.11 Å². The molecule has 1 saturated heterocycles. The van der Waals surface area contributed by atoms with Crippen molar-refractivity contribution in [2.75, 3.05) is 0 Å². The van der Waals surface area contributed by atoms with E-state index in [1.54, 1.807) is 0 Å². The van der Waals surface area contributed by atoms with Gasteiger partial charge in [0.2, 0.25) is 0 Å². The molecule has 1 unspecified atom stereocenters. The lowest BCUT2D eigenvalue weighted by Gasteiger charge is -2.24. The topological polar surface area (TPSA) is 47.9 Å². The van der Waals surface area contributed by atoms with Gasteiger partial charge in [-0.25, -0.2) is 0 Å². The second-order valence-electron chi connectivity index (χ2n) is 7.07. The number of rotatable bonds is 2. The molecule has 2 fully saturated rings. The molecule has 4 rings (SSSR count). The molecule has 2 N–H and O–H groups in total. The summed E-state index contributed by atoms with van der Waals surface area (Å²) in [6, 6.07) is 9.61. The van der Waals surface area contributed by atoms with Crippen LogP contribution in [0.4, 0.5) is 0 Å². The zero-order chi connectivity index (χ0) is 15.8. The molecule has 1 saturated carbocycles. The fourth-order valence-electron chi connectivity index (χ4n) is 3.85. The van der Waals surface area contributed by atoms with E-state index in [9.17, 15) is 5.11 Å². The maximum absolute atomic E-state index is 9.62. The molecule has 4 nitrogen and oxygen atoms in total. The Morgan fingerprint density at radius 2 is 1.87 bits per heavy atom. The Hall–Kier alpha value is -1.81. The number of hydrazine groups is 1. The predicted molar refractivity (Wildman–Crippen MR) is 92.9 cm³/mol. The minimum atomic E-state index is -0.109. The first kappa shape index (κ1) is 14.8. The highest BCUT2D eigenvalue weighted by Gasteiger charge is 2.35. The lowest BCUT2D eigenvalue weighted by atomic mass is 9.93. The van der Waals surface area contributed by atoms with E-state index in [0.29, 0.717) is 12.1 Å². The average molecular weight is 311 g/mol. The normalized spacial score (nSPS) is 31.9. The minimum Gasteiger partial charge on any atom is -0.393 e. The van der Waals surface area contributed by atoms with E-state index >= 15 is 0 Å². The molecular weight excluding hydrogens is 286 g/mol. The summed E-state index contributed by atoms with van der Waals surface area (Å²) in [5, 5.41) is 11.9. The lowest BCUT2D eigenvalue weighted by molar-refractivity contribution is 0.123. The van der Waals surface area contributed by atoms with E-state index in [1.165, 1.54) is 16.8 Å². The largest absolute Gasteiger partial charge is 0.393 e. The summed E-state index contributed by atoms with van der Waals surface area (Å²) in [5.74, 6) is 1.12. The molecule has 4 heteroatoms. The number of aliphatic hydroxyl groups is 1. The van der Waals surface area contributed by atoms with E-state index in [4.69, 9.17) is 4.99 Å². The van der Waals surface area contributed by atoms with Crippen LogP contribution >= 0.6 is 0 Å². The van der Waals surface area contributed by atoms with Gasteiger partial charge >= 0.3 is 0 Å². The van der Waals surface area contributed by atoms with Crippen LogP contribution in [-0.2, 0) is 0 Å². The SMILES string of the molecule is Cc1ccc(C2=CCC3CC(=NC4CCC(O)CC4)NN23)cc1. The van der Waals surface area contributed by atoms with Crippen LogP contribution in [0.2, 0.25) is 0 Å². The van der Waals surface area contributed by atoms with Crippen molar-refractivity contribution in [1.82, 2.24) is 10.4 Å². The van der Waals surface area contributed by atoms with Gasteiger partial charge in [-0.1, -0.05) is 35.9 Å². The van der Waals surface area contributed by atoms with Gasteiger partial charge in [0.1, 0.15) is 5.84 Å². The van der Waals surface area contributed by atoms with Crippen molar-refractivity contribution in [1.29, 1.82) is 0 Å². The highest BCUT2D eigenvalue weighted by Crippen LogP contribution is 2.33. The summed E-state index contributed by atoms with van der Waals surface area (Å²) < 4.78 is 0. The van der Waals surface area contributed by atoms with E-state index in [0.717, 1.165) is 44.4 Å². The summed E-state index contributed by atoms with van der Waals surface area (Å²) >= 11 is 0. The third-order valence-corrected chi connectivity index (χ3v) is 5.24. The van der Waals surface area contributed by atoms with Crippen LogP contribution in [0.15, 0.2) is 35.3 Å². The van der Waals surface area contributed by atoms with Crippen molar-refractivity contribution < 1.29 is 5.11 Å². The van der Waals surface area contributed by atoms with Gasteiger partial charge in [-0.3, -0.25) is 15.4 Å². The second kappa shape index (κ2) is 6.00. The smallest absolute Gasteiger partial charge is 0.117 e. The number of fused-ring (bicyclic) bond motifs is 1. The van der Waals surface area contributed by atoms with Crippen LogP contribution in [-0.4, -0.2) is 34.1 Å². The fourth-order valence-corrected chi connectivity index (χ4v) is 3.85. The molecule has 122 valence electrons. The predicted octanol–water partition coefficient (Wildman–Crippen LogP) is 3.02. The number of aliphatic hydroxyl groups excluding tert-OH is 1. The van der Waals surface area contributed by atoms with Crippen molar-refractivity contribution >= 4 is 11.5 Å². The average Bonchev–Trinajstić information content (AvgIpc) is 3.11. The van der Waals surface area contributed by atoms with Crippen molar-refractivity contribution in [2.45, 2.75) is 63.6 Å². The van der Waals surface area contributed by atoms with Gasteiger partial charge in [-0.05, 0) is 44.6 Å². The number of nitrogens with zero attached hydrogens (tertiary/aromatic N) is 2. The van der Waals surface area contributed by atoms with Gasteiger partial charge in [0.15, 0.2) is 0 Å². The van der Waals surface area contributed by atoms with Gasteiger partial charge in [-0.2, -0.15) is 0 Å². The molecule has 2 aliphatic heterocycles. The first-order valence-corrected chi connectivity index (χ1v) is 8.77. The number of hydrogen-bond acceptors (Lipinski definition) is 3. The van der Waals surface area contributed by atoms with Crippen LogP contribution < -0.4 is 5.43 Å². The molecular formula is C19H25N3O. The third kappa shape index (κ3) is 3.00. The second-order valence-corrected chi connectivity index (χ2v) is 7.07. The third-order valence-electron chi connectivity index (χ3n) is 5.24. The number of nitrogens with one attached hydrogen (secondary N) is 1. The van der Waals surface area contributed by atoms with Crippen molar-refractivity contribution in [3.05, 3.63) is 41.5 Å². The van der Waals surface area contributed by atoms with E-state index in [2.05, 4.69) is 47.7 Å². The van der Waals surface area contributed by atoms with E-state index in [1.807, 2.05) is 0 Å². The molecule has 2 heterocycles. The van der Waals surface area contributed by atoms with Gasteiger partial charge in [-0.15, -0.1) is 0 Å². The highest BCUT2D eigenvalue weighted by atomic mass is 16.3. The van der Waals surface area contributed by atoms with Crippen molar-refractivity contribution in [3.8, 4) is 0 Å². The Bertz CT molecular complexity index is 627. The fraction of sp³-hybridized carbons (Fsp3) is 0.526. The number of amidine groups is 1. The minimum absolute atomic E-state index is 0.109. The molecule has 0 amide bonds. The summed E-state index contributed by atoms with van der Waals surface area (Å²) in [6.07, 6.45) is 8.11. The molecule has 23 heavy (non-hydrogen) atoms. The molecule has 3 aliphatic rings. The first-order valence-electron chi connectivity index (χ1n) is 8.77. The number of aliphatic imine (C=N–C) groups is 1. The molecule has 1 atom stereocenters. The molecule has 1 aliphatic carbocycles. The zero-order valence-corrected chi connectivity index (χ0v) is 13.7. The molecule has 0 radical (unpaired) electrons. The van der Waals surface area contributed by atoms with Crippen LogP contribution in [0.1, 0.15) is 49.7 Å². The molecule has 0 bridgehead atoms. The molecule has 0 aromatic heterocycles. The van der Waals surface area contributed by atoms with Crippen molar-refractivity contribution in [2.24, 2.45) is 4.99 Å². The standard InChI is InChI=1S/C19H25N3O/c1-13-2-4-14(5-3-13)18-11-8-16-12-19(21-22(16)18)20-15-6-9-17(23)10-7-15/h2-5,11,15-17,23H,6-10,12H2,1H3,(H,20,21). The van der Waals surface area contributed by atoms with Crippen LogP contribution in [0, 0.1) is 6.92 Å². The van der Waals surface area contributed by atoms with Gasteiger partial charge in [0.05, 0.1) is 23.9 Å². The van der Waals surface area contributed by atoms with Crippen molar-refractivity contribution in [3.63, 3.8) is 0 Å². The Kier molecular flexibility index (Phi) is 3.85. The summed E-state index contributed by atoms with van der Waals surface area (Å²) in [6.45, 7) is 2.12. The highest BCUT2D eigenvalue weighted by molar-refractivity contribution is 5.87. The number of hydrogen-bond donors (Lipinski definition) is 2. The quantitative estimate of drug-likeness (QED) is 0.882. The van der Waals surface area contributed by atoms with E-state index < -0.39 is 0 Å². The lowest BCUT2D eigenvalue weighted by Crippen LogP contribution is -2.34. The van der Waals surface area contributed by atoms with Gasteiger partial charge in [0.25, 0.3) is 0 Å². The van der Waals surface area contributed by atoms with Crippen LogP contribution in [0.5, 0.6) is 0 Å². The monoisotopic (exact) mass is 311 g/mol. The zero-order valence-electron chi connectivity index (χ0n) is 13.7. The number of aryl methyl sites for hydroxylation is 1. The van der Waals surface area contributed by atoms with E-state index in [-0.39, 0.29) is 6.10 Å². The summed E-state index contributed by atoms with van der Waals surface area (Å²) in [4.78, 5) is 4.92. The first-order chi connectivity index (χ1) is 11.2. The Balaban J connectivity index is 1.45. The molecule has 1 aromatic rings. The Morgan fingerprint density at radius 3 is 2.61 bits per heavy atom. The molecule has 0 spiro atoms. The summed E-state index contributed by atoms with van der Waals surface area (Å²) in [5.41, 5.74) is 7.37. The number of benzene rings is 1. The Labute approximate surface area is 137 Å².